The van der Waals surface area contributed by atoms with Gasteiger partial charge < -0.3 is 33.8 Å². The molecule has 0 radical (unpaired) electrons. The summed E-state index contributed by atoms with van der Waals surface area (Å²) < 4.78 is 68.1. The van der Waals surface area contributed by atoms with Gasteiger partial charge in [-0.25, -0.2) is 9.13 Å². The van der Waals surface area contributed by atoms with E-state index in [9.17, 15) is 43.2 Å². The molecule has 0 aliphatic rings. The number of aliphatic hydroxyl groups excluding tert-OH is 1. The summed E-state index contributed by atoms with van der Waals surface area (Å²) in [6, 6.07) is 0. The van der Waals surface area contributed by atoms with Crippen molar-refractivity contribution in [1.82, 2.24) is 0 Å². The van der Waals surface area contributed by atoms with E-state index in [0.29, 0.717) is 25.7 Å². The van der Waals surface area contributed by atoms with Crippen LogP contribution in [0.15, 0.2) is 0 Å². The Morgan fingerprint density at radius 3 is 0.884 bits per heavy atom. The van der Waals surface area contributed by atoms with Crippen LogP contribution in [0.2, 0.25) is 0 Å². The van der Waals surface area contributed by atoms with Crippen LogP contribution < -0.4 is 0 Å². The molecule has 0 fully saturated rings. The molecular weight excluding hydrogens is 1140 g/mol. The fraction of sp³-hybridized carbons (Fsp3) is 0.940. The van der Waals surface area contributed by atoms with Crippen LogP contribution in [-0.4, -0.2) is 96.7 Å². The van der Waals surface area contributed by atoms with Crippen molar-refractivity contribution in [3.05, 3.63) is 0 Å². The summed E-state index contributed by atoms with van der Waals surface area (Å²) in [4.78, 5) is 72.3. The van der Waals surface area contributed by atoms with Crippen molar-refractivity contribution in [2.45, 2.75) is 349 Å². The SMILES string of the molecule is CCCCCCCCCCCC(=O)OC[C@H](COP(=O)(O)OC[C@H](O)COP(=O)(O)OC[C@@H](COC(=O)CCCCCCCCCCC(C)C)OC(=O)CCCCCCCCCCCCCCCC(C)C)OC(=O)CCCCCCCCC(C)CC. The zero-order chi connectivity index (χ0) is 63.8. The van der Waals surface area contributed by atoms with Crippen molar-refractivity contribution in [2.75, 3.05) is 39.6 Å². The third-order valence-electron chi connectivity index (χ3n) is 15.7. The van der Waals surface area contributed by atoms with E-state index < -0.39 is 97.5 Å². The largest absolute Gasteiger partial charge is 0.472 e. The number of rotatable bonds is 65. The number of phosphoric acid groups is 2. The number of hydrogen-bond donors (Lipinski definition) is 3. The quantitative estimate of drug-likeness (QED) is 0.0222. The van der Waals surface area contributed by atoms with Crippen LogP contribution in [0.4, 0.5) is 0 Å². The summed E-state index contributed by atoms with van der Waals surface area (Å²) >= 11 is 0. The Morgan fingerprint density at radius 2 is 0.593 bits per heavy atom. The van der Waals surface area contributed by atoms with E-state index >= 15 is 0 Å². The molecular formula is C67H130O17P2. The summed E-state index contributed by atoms with van der Waals surface area (Å²) in [5, 5.41) is 10.6. The number of phosphoric ester groups is 2. The lowest BCUT2D eigenvalue weighted by atomic mass is 10.00. The van der Waals surface area contributed by atoms with E-state index in [1.807, 2.05) is 0 Å². The molecule has 6 atom stereocenters. The highest BCUT2D eigenvalue weighted by Gasteiger charge is 2.30. The lowest BCUT2D eigenvalue weighted by Gasteiger charge is -2.21. The Kier molecular flexibility index (Phi) is 56.9. The van der Waals surface area contributed by atoms with Gasteiger partial charge in [0.25, 0.3) is 0 Å². The van der Waals surface area contributed by atoms with Gasteiger partial charge in [-0.05, 0) is 43.4 Å². The Labute approximate surface area is 524 Å². The average molecular weight is 1270 g/mol. The standard InChI is InChI=1S/C67H130O17P2/c1-8-10-11-12-13-19-26-34-41-48-64(69)77-55-63(84-67(72)51-44-37-30-29-33-40-47-60(7)9-2)57-82-86(75,76)80-53-61(68)52-79-85(73,74)81-56-62(54-78-65(70)49-42-35-27-23-22-25-32-39-46-59(5)6)83-66(71)50-43-36-28-21-18-16-14-15-17-20-24-31-38-45-58(3)4/h58-63,68H,8-57H2,1-7H3,(H,73,74)(H,75,76)/t60?,61-,62-,63-/m1/s1. The zero-order valence-corrected chi connectivity index (χ0v) is 57.6. The van der Waals surface area contributed by atoms with Crippen molar-refractivity contribution in [3.63, 3.8) is 0 Å². The van der Waals surface area contributed by atoms with Crippen molar-refractivity contribution in [2.24, 2.45) is 17.8 Å². The first kappa shape index (κ1) is 84.1. The third-order valence-corrected chi connectivity index (χ3v) is 17.6. The second-order valence-electron chi connectivity index (χ2n) is 25.4. The molecule has 3 N–H and O–H groups in total. The van der Waals surface area contributed by atoms with Crippen molar-refractivity contribution < 1.29 is 80.2 Å². The molecule has 17 nitrogen and oxygen atoms in total. The molecule has 0 saturated carbocycles. The topological polar surface area (TPSA) is 237 Å². The number of aliphatic hydroxyl groups is 1. The van der Waals surface area contributed by atoms with E-state index in [1.54, 1.807) is 0 Å². The molecule has 0 saturated heterocycles. The van der Waals surface area contributed by atoms with Crippen LogP contribution in [0.25, 0.3) is 0 Å². The molecule has 0 aromatic rings. The van der Waals surface area contributed by atoms with Gasteiger partial charge in [0.05, 0.1) is 26.4 Å². The maximum Gasteiger partial charge on any atom is 0.472 e. The molecule has 510 valence electrons. The first-order valence-electron chi connectivity index (χ1n) is 34.9. The van der Waals surface area contributed by atoms with E-state index in [0.717, 1.165) is 108 Å². The van der Waals surface area contributed by atoms with Crippen LogP contribution in [0.1, 0.15) is 331 Å². The van der Waals surface area contributed by atoms with Gasteiger partial charge in [0.15, 0.2) is 12.2 Å². The average Bonchev–Trinajstić information content (AvgIpc) is 3.57. The Hall–Kier alpha value is -1.94. The summed E-state index contributed by atoms with van der Waals surface area (Å²) in [5.74, 6) is 0.0985. The predicted molar refractivity (Wildman–Crippen MR) is 344 cm³/mol. The van der Waals surface area contributed by atoms with E-state index in [2.05, 4.69) is 48.5 Å². The number of hydrogen-bond acceptors (Lipinski definition) is 15. The molecule has 0 bridgehead atoms. The maximum atomic E-state index is 13.0. The monoisotopic (exact) mass is 1270 g/mol. The molecule has 19 heteroatoms. The highest BCUT2D eigenvalue weighted by molar-refractivity contribution is 7.47. The van der Waals surface area contributed by atoms with E-state index in [4.69, 9.17) is 37.0 Å². The first-order chi connectivity index (χ1) is 41.3. The lowest BCUT2D eigenvalue weighted by Crippen LogP contribution is -2.30. The summed E-state index contributed by atoms with van der Waals surface area (Å²) in [6.45, 7) is 11.7. The van der Waals surface area contributed by atoms with Crippen molar-refractivity contribution in [3.8, 4) is 0 Å². The van der Waals surface area contributed by atoms with Crippen LogP contribution in [0.3, 0.4) is 0 Å². The van der Waals surface area contributed by atoms with Gasteiger partial charge in [-0.1, -0.05) is 280 Å². The summed E-state index contributed by atoms with van der Waals surface area (Å²) in [7, 11) is -9.89. The lowest BCUT2D eigenvalue weighted by molar-refractivity contribution is -0.161. The Bertz CT molecular complexity index is 1700. The number of carbonyl (C=O) groups excluding carboxylic acids is 4. The van der Waals surface area contributed by atoms with Gasteiger partial charge in [-0.3, -0.25) is 37.3 Å². The van der Waals surface area contributed by atoms with Crippen molar-refractivity contribution in [1.29, 1.82) is 0 Å². The minimum Gasteiger partial charge on any atom is -0.462 e. The first-order valence-corrected chi connectivity index (χ1v) is 37.9. The van der Waals surface area contributed by atoms with Gasteiger partial charge in [-0.15, -0.1) is 0 Å². The van der Waals surface area contributed by atoms with Crippen LogP contribution in [0, 0.1) is 17.8 Å². The number of esters is 4. The summed E-state index contributed by atoms with van der Waals surface area (Å²) in [5.41, 5.74) is 0. The second kappa shape index (κ2) is 58.2. The highest BCUT2D eigenvalue weighted by Crippen LogP contribution is 2.45. The fourth-order valence-electron chi connectivity index (χ4n) is 9.98. The molecule has 0 amide bonds. The van der Waals surface area contributed by atoms with Gasteiger partial charge in [0.1, 0.15) is 19.3 Å². The molecule has 0 aromatic carbocycles. The van der Waals surface area contributed by atoms with E-state index in [1.165, 1.54) is 141 Å². The van der Waals surface area contributed by atoms with Crippen molar-refractivity contribution >= 4 is 39.5 Å². The molecule has 0 spiro atoms. The number of unbranched alkanes of at least 4 members (excludes halogenated alkanes) is 32. The van der Waals surface area contributed by atoms with Gasteiger partial charge in [0, 0.05) is 25.7 Å². The smallest absolute Gasteiger partial charge is 0.462 e. The Balaban J connectivity index is 5.23. The van der Waals surface area contributed by atoms with Crippen LogP contribution in [-0.2, 0) is 65.4 Å². The summed E-state index contributed by atoms with van der Waals surface area (Å²) in [6.07, 6.45) is 40.4. The maximum absolute atomic E-state index is 13.0. The molecule has 0 rings (SSSR count). The molecule has 86 heavy (non-hydrogen) atoms. The molecule has 3 unspecified atom stereocenters. The van der Waals surface area contributed by atoms with Gasteiger partial charge in [0.2, 0.25) is 0 Å². The third kappa shape index (κ3) is 59.7. The van der Waals surface area contributed by atoms with Crippen LogP contribution in [0.5, 0.6) is 0 Å². The minimum absolute atomic E-state index is 0.103. The van der Waals surface area contributed by atoms with Gasteiger partial charge >= 0.3 is 39.5 Å². The zero-order valence-electron chi connectivity index (χ0n) is 55.8. The molecule has 0 heterocycles. The number of carbonyl (C=O) groups is 4. The predicted octanol–water partition coefficient (Wildman–Crippen LogP) is 18.7. The second-order valence-corrected chi connectivity index (χ2v) is 28.3. The van der Waals surface area contributed by atoms with E-state index in [-0.39, 0.29) is 25.7 Å². The molecule has 0 aromatic heterocycles. The number of ether oxygens (including phenoxy) is 4. The van der Waals surface area contributed by atoms with Gasteiger partial charge in [-0.2, -0.15) is 0 Å². The Morgan fingerprint density at radius 1 is 0.337 bits per heavy atom. The molecule has 0 aliphatic heterocycles. The normalized spacial score (nSPS) is 14.6. The highest BCUT2D eigenvalue weighted by atomic mass is 31.2. The fourth-order valence-corrected chi connectivity index (χ4v) is 11.6. The van der Waals surface area contributed by atoms with Crippen LogP contribution >= 0.6 is 15.6 Å². The molecule has 0 aliphatic carbocycles. The minimum atomic E-state index is -4.95.